The molecule has 0 fully saturated rings. The van der Waals surface area contributed by atoms with Crippen molar-refractivity contribution in [1.82, 2.24) is 4.98 Å². The lowest BCUT2D eigenvalue weighted by atomic mass is 10.2. The number of phenols is 1. The zero-order valence-electron chi connectivity index (χ0n) is 9.55. The maximum absolute atomic E-state index is 12.0. The first-order valence-electron chi connectivity index (χ1n) is 5.06. The van der Waals surface area contributed by atoms with Gasteiger partial charge in [-0.05, 0) is 12.1 Å². The number of nitrogens with zero attached hydrogens (tertiary/aromatic N) is 1. The van der Waals surface area contributed by atoms with Crippen molar-refractivity contribution in [3.63, 3.8) is 0 Å². The van der Waals surface area contributed by atoms with Gasteiger partial charge in [0.1, 0.15) is 5.00 Å². The van der Waals surface area contributed by atoms with Crippen LogP contribution < -0.4 is 5.32 Å². The Morgan fingerprint density at radius 2 is 1.85 bits per heavy atom. The second-order valence-electron chi connectivity index (χ2n) is 3.58. The number of hydrogen-bond donors (Lipinski definition) is 3. The van der Waals surface area contributed by atoms with Gasteiger partial charge in [-0.1, -0.05) is 23.2 Å². The van der Waals surface area contributed by atoms with Crippen molar-refractivity contribution in [2.24, 2.45) is 0 Å². The van der Waals surface area contributed by atoms with E-state index in [0.29, 0.717) is 0 Å². The van der Waals surface area contributed by atoms with Crippen LogP contribution in [0.5, 0.6) is 5.75 Å². The van der Waals surface area contributed by atoms with Crippen LogP contribution >= 0.6 is 34.5 Å². The molecule has 0 saturated carbocycles. The van der Waals surface area contributed by atoms with Crippen LogP contribution in [0, 0.1) is 0 Å². The van der Waals surface area contributed by atoms with Gasteiger partial charge < -0.3 is 15.5 Å². The number of halogens is 2. The van der Waals surface area contributed by atoms with E-state index in [4.69, 9.17) is 28.3 Å². The largest absolute Gasteiger partial charge is 0.505 e. The normalized spacial score (nSPS) is 10.3. The van der Waals surface area contributed by atoms with Gasteiger partial charge in [0.05, 0.1) is 15.6 Å². The molecule has 0 bridgehead atoms. The van der Waals surface area contributed by atoms with E-state index in [1.54, 1.807) is 0 Å². The third kappa shape index (κ3) is 2.84. The maximum Gasteiger partial charge on any atom is 0.357 e. The SMILES string of the molecule is O=C(Nc1scnc1C(=O)O)c1cc(Cl)c(O)c(Cl)c1. The van der Waals surface area contributed by atoms with Crippen molar-refractivity contribution in [3.8, 4) is 5.75 Å². The van der Waals surface area contributed by atoms with Crippen LogP contribution in [0.25, 0.3) is 0 Å². The van der Waals surface area contributed by atoms with Gasteiger partial charge in [-0.25, -0.2) is 9.78 Å². The highest BCUT2D eigenvalue weighted by Crippen LogP contribution is 2.33. The molecule has 2 aromatic rings. The second kappa shape index (κ2) is 5.66. The number of benzene rings is 1. The van der Waals surface area contributed by atoms with E-state index in [1.807, 2.05) is 0 Å². The number of carboxylic acids is 1. The molecular weight excluding hydrogens is 327 g/mol. The number of thiazole rings is 1. The van der Waals surface area contributed by atoms with Gasteiger partial charge in [0.15, 0.2) is 11.4 Å². The quantitative estimate of drug-likeness (QED) is 0.801. The molecule has 0 aliphatic heterocycles. The molecule has 1 aromatic heterocycles. The third-order valence-electron chi connectivity index (χ3n) is 2.28. The smallest absolute Gasteiger partial charge is 0.357 e. The lowest BCUT2D eigenvalue weighted by Gasteiger charge is -2.06. The molecule has 1 amide bonds. The van der Waals surface area contributed by atoms with Gasteiger partial charge in [-0.2, -0.15) is 0 Å². The van der Waals surface area contributed by atoms with E-state index in [2.05, 4.69) is 10.3 Å². The zero-order valence-corrected chi connectivity index (χ0v) is 11.9. The predicted octanol–water partition coefficient (Wildman–Crippen LogP) is 3.11. The molecule has 0 aliphatic carbocycles. The third-order valence-corrected chi connectivity index (χ3v) is 3.59. The monoisotopic (exact) mass is 332 g/mol. The summed E-state index contributed by atoms with van der Waals surface area (Å²) in [7, 11) is 0. The number of rotatable bonds is 3. The number of carboxylic acid groups (broad SMARTS) is 1. The summed E-state index contributed by atoms with van der Waals surface area (Å²) in [5.41, 5.74) is 1.14. The molecule has 20 heavy (non-hydrogen) atoms. The Kier molecular flexibility index (Phi) is 4.12. The molecule has 3 N–H and O–H groups in total. The van der Waals surface area contributed by atoms with Crippen molar-refractivity contribution < 1.29 is 19.8 Å². The van der Waals surface area contributed by atoms with Crippen LogP contribution in [-0.4, -0.2) is 27.1 Å². The number of aromatic carboxylic acids is 1. The molecule has 6 nitrogen and oxygen atoms in total. The van der Waals surface area contributed by atoms with Gasteiger partial charge in [-0.15, -0.1) is 11.3 Å². The van der Waals surface area contributed by atoms with Gasteiger partial charge in [0.2, 0.25) is 0 Å². The molecule has 0 aliphatic rings. The summed E-state index contributed by atoms with van der Waals surface area (Å²) in [6.45, 7) is 0. The number of hydrogen-bond acceptors (Lipinski definition) is 5. The van der Waals surface area contributed by atoms with Gasteiger partial charge >= 0.3 is 5.97 Å². The number of phenolic OH excluding ortho intramolecular Hbond substituents is 1. The highest BCUT2D eigenvalue weighted by Gasteiger charge is 2.18. The average Bonchev–Trinajstić information content (AvgIpc) is 2.83. The fourth-order valence-corrected chi connectivity index (χ4v) is 2.51. The molecular formula is C11H6Cl2N2O4S. The molecule has 0 unspecified atom stereocenters. The Morgan fingerprint density at radius 1 is 1.25 bits per heavy atom. The summed E-state index contributed by atoms with van der Waals surface area (Å²) in [6.07, 6.45) is 0. The number of aromatic nitrogens is 1. The molecule has 2 rings (SSSR count). The number of carbonyl (C=O) groups is 2. The number of carbonyl (C=O) groups excluding carboxylic acids is 1. The maximum atomic E-state index is 12.0. The summed E-state index contributed by atoms with van der Waals surface area (Å²) >= 11 is 12.4. The van der Waals surface area contributed by atoms with E-state index in [0.717, 1.165) is 11.3 Å². The molecule has 0 spiro atoms. The molecule has 104 valence electrons. The molecule has 9 heteroatoms. The minimum atomic E-state index is -1.25. The van der Waals surface area contributed by atoms with Crippen LogP contribution in [0.3, 0.4) is 0 Å². The van der Waals surface area contributed by atoms with Gasteiger partial charge in [-0.3, -0.25) is 4.79 Å². The Morgan fingerprint density at radius 3 is 2.40 bits per heavy atom. The summed E-state index contributed by atoms with van der Waals surface area (Å²) in [5, 5.41) is 20.6. The molecule has 0 radical (unpaired) electrons. The minimum Gasteiger partial charge on any atom is -0.505 e. The molecule has 1 heterocycles. The van der Waals surface area contributed by atoms with Crippen LogP contribution in [0.2, 0.25) is 10.0 Å². The van der Waals surface area contributed by atoms with E-state index in [1.165, 1.54) is 17.6 Å². The van der Waals surface area contributed by atoms with Crippen LogP contribution in [-0.2, 0) is 0 Å². The lowest BCUT2D eigenvalue weighted by Crippen LogP contribution is -2.13. The summed E-state index contributed by atoms with van der Waals surface area (Å²) in [5.74, 6) is -2.18. The first kappa shape index (κ1) is 14.6. The lowest BCUT2D eigenvalue weighted by molar-refractivity contribution is 0.0692. The van der Waals surface area contributed by atoms with Crippen molar-refractivity contribution in [2.75, 3.05) is 5.32 Å². The zero-order chi connectivity index (χ0) is 14.9. The fraction of sp³-hybridized carbons (Fsp3) is 0. The van der Waals surface area contributed by atoms with Crippen LogP contribution in [0.15, 0.2) is 17.6 Å². The molecule has 0 atom stereocenters. The number of aromatic hydroxyl groups is 1. The van der Waals surface area contributed by atoms with E-state index in [-0.39, 0.29) is 32.1 Å². The average molecular weight is 333 g/mol. The summed E-state index contributed by atoms with van der Waals surface area (Å²) in [6, 6.07) is 2.44. The topological polar surface area (TPSA) is 99.5 Å². The van der Waals surface area contributed by atoms with Crippen LogP contribution in [0.1, 0.15) is 20.8 Å². The van der Waals surface area contributed by atoms with E-state index >= 15 is 0 Å². The summed E-state index contributed by atoms with van der Waals surface area (Å²) in [4.78, 5) is 26.5. The van der Waals surface area contributed by atoms with Crippen molar-refractivity contribution in [3.05, 3.63) is 38.9 Å². The standard InChI is InChI=1S/C11H6Cl2N2O4S/c12-5-1-4(2-6(13)8(5)16)9(17)15-10-7(11(18)19)14-3-20-10/h1-3,16H,(H,15,17)(H,18,19). The Hall–Kier alpha value is -1.83. The van der Waals surface area contributed by atoms with E-state index < -0.39 is 11.9 Å². The number of anilines is 1. The predicted molar refractivity (Wildman–Crippen MR) is 75.2 cm³/mol. The van der Waals surface area contributed by atoms with Crippen molar-refractivity contribution in [1.29, 1.82) is 0 Å². The first-order chi connectivity index (χ1) is 9.40. The first-order valence-corrected chi connectivity index (χ1v) is 6.70. The van der Waals surface area contributed by atoms with E-state index in [9.17, 15) is 14.7 Å². The van der Waals surface area contributed by atoms with Gasteiger partial charge in [0.25, 0.3) is 5.91 Å². The molecule has 1 aromatic carbocycles. The number of amides is 1. The fourth-order valence-electron chi connectivity index (χ4n) is 1.36. The highest BCUT2D eigenvalue weighted by molar-refractivity contribution is 7.14. The molecule has 0 saturated heterocycles. The number of nitrogens with one attached hydrogen (secondary N) is 1. The van der Waals surface area contributed by atoms with Gasteiger partial charge in [0, 0.05) is 5.56 Å². The Labute approximate surface area is 126 Å². The Bertz CT molecular complexity index is 678. The second-order valence-corrected chi connectivity index (χ2v) is 5.25. The van der Waals surface area contributed by atoms with Crippen molar-refractivity contribution in [2.45, 2.75) is 0 Å². The summed E-state index contributed by atoms with van der Waals surface area (Å²) < 4.78 is 0. The van der Waals surface area contributed by atoms with Crippen LogP contribution in [0.4, 0.5) is 5.00 Å². The Balaban J connectivity index is 2.29. The van der Waals surface area contributed by atoms with Crippen molar-refractivity contribution >= 4 is 51.4 Å². The minimum absolute atomic E-state index is 0.0783. The highest BCUT2D eigenvalue weighted by atomic mass is 35.5.